The molecule has 2 N–H and O–H groups in total. The van der Waals surface area contributed by atoms with Crippen molar-refractivity contribution in [2.75, 3.05) is 11.9 Å². The lowest BCUT2D eigenvalue weighted by Crippen LogP contribution is -2.33. The topological polar surface area (TPSA) is 75.3 Å². The van der Waals surface area contributed by atoms with E-state index in [1.165, 1.54) is 6.92 Å². The molecule has 0 saturated heterocycles. The van der Waals surface area contributed by atoms with Gasteiger partial charge in [-0.15, -0.1) is 0 Å². The SMILES string of the molecule is CC(=O)c1cccc(NC(=O)CNC(=O)Cc2ccc(Br)cc2)c1. The fourth-order valence-corrected chi connectivity index (χ4v) is 2.31. The maximum Gasteiger partial charge on any atom is 0.243 e. The smallest absolute Gasteiger partial charge is 0.243 e. The number of halogens is 1. The van der Waals surface area contributed by atoms with Crippen LogP contribution in [0.1, 0.15) is 22.8 Å². The van der Waals surface area contributed by atoms with Crippen LogP contribution >= 0.6 is 15.9 Å². The highest BCUT2D eigenvalue weighted by Gasteiger charge is 2.08. The van der Waals surface area contributed by atoms with Gasteiger partial charge in [-0.05, 0) is 36.8 Å². The summed E-state index contributed by atoms with van der Waals surface area (Å²) in [7, 11) is 0. The van der Waals surface area contributed by atoms with Crippen LogP contribution in [0.5, 0.6) is 0 Å². The molecule has 0 unspecified atom stereocenters. The average molecular weight is 389 g/mol. The largest absolute Gasteiger partial charge is 0.347 e. The van der Waals surface area contributed by atoms with Gasteiger partial charge in [-0.3, -0.25) is 14.4 Å². The third-order valence-corrected chi connectivity index (χ3v) is 3.81. The van der Waals surface area contributed by atoms with Crippen molar-refractivity contribution >= 4 is 39.2 Å². The highest BCUT2D eigenvalue weighted by atomic mass is 79.9. The molecule has 0 aliphatic rings. The van der Waals surface area contributed by atoms with Gasteiger partial charge < -0.3 is 10.6 Å². The second kappa shape index (κ2) is 8.40. The Morgan fingerprint density at radius 1 is 1.00 bits per heavy atom. The van der Waals surface area contributed by atoms with E-state index in [1.54, 1.807) is 24.3 Å². The Morgan fingerprint density at radius 2 is 1.71 bits per heavy atom. The molecule has 2 rings (SSSR count). The molecule has 24 heavy (non-hydrogen) atoms. The Bertz CT molecular complexity index is 757. The van der Waals surface area contributed by atoms with Crippen LogP contribution in [0.4, 0.5) is 5.69 Å². The normalized spacial score (nSPS) is 10.1. The third kappa shape index (κ3) is 5.62. The van der Waals surface area contributed by atoms with Crippen LogP contribution in [0.2, 0.25) is 0 Å². The lowest BCUT2D eigenvalue weighted by Gasteiger charge is -2.08. The van der Waals surface area contributed by atoms with Crippen LogP contribution in [-0.2, 0) is 16.0 Å². The first-order chi connectivity index (χ1) is 11.4. The van der Waals surface area contributed by atoms with E-state index >= 15 is 0 Å². The molecule has 0 fully saturated rings. The molecule has 5 nitrogen and oxygen atoms in total. The average Bonchev–Trinajstić information content (AvgIpc) is 2.55. The molecule has 0 spiro atoms. The molecule has 2 aromatic carbocycles. The Hall–Kier alpha value is -2.47. The predicted octanol–water partition coefficient (Wildman–Crippen LogP) is 2.95. The summed E-state index contributed by atoms with van der Waals surface area (Å²) >= 11 is 3.33. The highest BCUT2D eigenvalue weighted by molar-refractivity contribution is 9.10. The second-order valence-electron chi connectivity index (χ2n) is 5.27. The van der Waals surface area contributed by atoms with Crippen LogP contribution in [0.15, 0.2) is 53.0 Å². The molecule has 0 aliphatic carbocycles. The molecule has 0 saturated carbocycles. The molecular formula is C18H17BrN2O3. The molecule has 6 heteroatoms. The number of Topliss-reactive ketones (excluding diaryl/α,β-unsaturated/α-hetero) is 1. The van der Waals surface area contributed by atoms with Crippen molar-refractivity contribution in [1.29, 1.82) is 0 Å². The summed E-state index contributed by atoms with van der Waals surface area (Å²) < 4.78 is 0.943. The van der Waals surface area contributed by atoms with Gasteiger partial charge in [0.25, 0.3) is 0 Å². The summed E-state index contributed by atoms with van der Waals surface area (Å²) in [5.74, 6) is -0.654. The van der Waals surface area contributed by atoms with E-state index in [-0.39, 0.29) is 30.6 Å². The lowest BCUT2D eigenvalue weighted by molar-refractivity contribution is -0.123. The predicted molar refractivity (Wildman–Crippen MR) is 95.9 cm³/mol. The minimum Gasteiger partial charge on any atom is -0.347 e. The maximum atomic E-state index is 11.9. The van der Waals surface area contributed by atoms with Crippen molar-refractivity contribution in [3.63, 3.8) is 0 Å². The number of nitrogens with one attached hydrogen (secondary N) is 2. The minimum atomic E-state index is -0.347. The number of hydrogen-bond acceptors (Lipinski definition) is 3. The number of rotatable bonds is 6. The van der Waals surface area contributed by atoms with E-state index in [0.29, 0.717) is 11.3 Å². The van der Waals surface area contributed by atoms with E-state index in [2.05, 4.69) is 26.6 Å². The molecule has 2 amide bonds. The van der Waals surface area contributed by atoms with E-state index in [9.17, 15) is 14.4 Å². The van der Waals surface area contributed by atoms with Gasteiger partial charge in [0.2, 0.25) is 11.8 Å². The van der Waals surface area contributed by atoms with Gasteiger partial charge in [-0.1, -0.05) is 40.2 Å². The Morgan fingerprint density at radius 3 is 2.38 bits per heavy atom. The van der Waals surface area contributed by atoms with Crippen molar-refractivity contribution in [2.45, 2.75) is 13.3 Å². The summed E-state index contributed by atoms with van der Waals surface area (Å²) in [6, 6.07) is 14.1. The van der Waals surface area contributed by atoms with Crippen LogP contribution in [0, 0.1) is 0 Å². The molecule has 0 aromatic heterocycles. The molecule has 0 aliphatic heterocycles. The first-order valence-corrected chi connectivity index (χ1v) is 8.15. The number of ketones is 1. The molecule has 0 bridgehead atoms. The van der Waals surface area contributed by atoms with Gasteiger partial charge in [0.15, 0.2) is 5.78 Å². The Balaban J connectivity index is 1.82. The zero-order valence-electron chi connectivity index (χ0n) is 13.1. The van der Waals surface area contributed by atoms with Crippen molar-refractivity contribution < 1.29 is 14.4 Å². The monoisotopic (exact) mass is 388 g/mol. The minimum absolute atomic E-state index is 0.0751. The number of hydrogen-bond donors (Lipinski definition) is 2. The lowest BCUT2D eigenvalue weighted by atomic mass is 10.1. The number of amides is 2. The van der Waals surface area contributed by atoms with Gasteiger partial charge in [-0.2, -0.15) is 0 Å². The van der Waals surface area contributed by atoms with E-state index in [1.807, 2.05) is 24.3 Å². The molecule has 0 radical (unpaired) electrons. The fraction of sp³-hybridized carbons (Fsp3) is 0.167. The first-order valence-electron chi connectivity index (χ1n) is 7.36. The number of benzene rings is 2. The quantitative estimate of drug-likeness (QED) is 0.746. The molecule has 0 atom stereocenters. The van der Waals surface area contributed by atoms with Crippen LogP contribution in [0.3, 0.4) is 0 Å². The van der Waals surface area contributed by atoms with Crippen molar-refractivity contribution in [1.82, 2.24) is 5.32 Å². The van der Waals surface area contributed by atoms with Gasteiger partial charge in [0.1, 0.15) is 0 Å². The number of anilines is 1. The third-order valence-electron chi connectivity index (χ3n) is 3.28. The van der Waals surface area contributed by atoms with E-state index in [0.717, 1.165) is 10.0 Å². The first kappa shape index (κ1) is 17.9. The Kier molecular flexibility index (Phi) is 6.26. The fourth-order valence-electron chi connectivity index (χ4n) is 2.05. The summed E-state index contributed by atoms with van der Waals surface area (Å²) in [4.78, 5) is 35.0. The van der Waals surface area contributed by atoms with Crippen molar-refractivity contribution in [3.8, 4) is 0 Å². The van der Waals surface area contributed by atoms with E-state index < -0.39 is 0 Å². The zero-order valence-corrected chi connectivity index (χ0v) is 14.7. The maximum absolute atomic E-state index is 11.9. The van der Waals surface area contributed by atoms with Crippen LogP contribution in [-0.4, -0.2) is 24.1 Å². The number of carbonyl (C=O) groups excluding carboxylic acids is 3. The number of carbonyl (C=O) groups is 3. The van der Waals surface area contributed by atoms with Gasteiger partial charge in [0.05, 0.1) is 13.0 Å². The van der Waals surface area contributed by atoms with Crippen molar-refractivity contribution in [3.05, 3.63) is 64.1 Å². The highest BCUT2D eigenvalue weighted by Crippen LogP contribution is 2.12. The van der Waals surface area contributed by atoms with Gasteiger partial charge in [0, 0.05) is 15.7 Å². The summed E-state index contributed by atoms with van der Waals surface area (Å²) in [5, 5.41) is 5.23. The molecule has 0 heterocycles. The molecule has 124 valence electrons. The van der Waals surface area contributed by atoms with Gasteiger partial charge >= 0.3 is 0 Å². The molecule has 2 aromatic rings. The summed E-state index contributed by atoms with van der Waals surface area (Å²) in [6.45, 7) is 1.34. The van der Waals surface area contributed by atoms with Crippen LogP contribution < -0.4 is 10.6 Å². The zero-order chi connectivity index (χ0) is 17.5. The van der Waals surface area contributed by atoms with E-state index in [4.69, 9.17) is 0 Å². The Labute approximate surface area is 148 Å². The van der Waals surface area contributed by atoms with Crippen molar-refractivity contribution in [2.24, 2.45) is 0 Å². The standard InChI is InChI=1S/C18H17BrN2O3/c1-12(22)14-3-2-4-16(10-14)21-18(24)11-20-17(23)9-13-5-7-15(19)8-6-13/h2-8,10H,9,11H2,1H3,(H,20,23)(H,21,24). The molecular weight excluding hydrogens is 372 g/mol. The summed E-state index contributed by atoms with van der Waals surface area (Å²) in [6.07, 6.45) is 0.209. The second-order valence-corrected chi connectivity index (χ2v) is 6.18. The van der Waals surface area contributed by atoms with Gasteiger partial charge in [-0.25, -0.2) is 0 Å². The van der Waals surface area contributed by atoms with Crippen LogP contribution in [0.25, 0.3) is 0 Å². The summed E-state index contributed by atoms with van der Waals surface area (Å²) in [5.41, 5.74) is 1.91.